The van der Waals surface area contributed by atoms with Crippen LogP contribution in [0.15, 0.2) is 18.5 Å². The van der Waals surface area contributed by atoms with Gasteiger partial charge >= 0.3 is 0 Å². The standard InChI is InChI=1S/C16H26N6O/c1-19-7-11-21(12-8-19)15(23)3-6-20-9-13-22(14-10-20)16-17-4-2-5-18-16/h2,4-5H,3,6-14H2,1H3. The minimum Gasteiger partial charge on any atom is -0.340 e. The summed E-state index contributed by atoms with van der Waals surface area (Å²) in [5.74, 6) is 1.10. The third kappa shape index (κ3) is 4.39. The van der Waals surface area contributed by atoms with Crippen LogP contribution < -0.4 is 4.90 Å². The van der Waals surface area contributed by atoms with Crippen molar-refractivity contribution in [3.63, 3.8) is 0 Å². The van der Waals surface area contributed by atoms with E-state index >= 15 is 0 Å². The molecule has 7 nitrogen and oxygen atoms in total. The Morgan fingerprint density at radius 2 is 1.65 bits per heavy atom. The van der Waals surface area contributed by atoms with Crippen LogP contribution in [0.3, 0.4) is 0 Å². The van der Waals surface area contributed by atoms with Crippen molar-refractivity contribution < 1.29 is 4.79 Å². The SMILES string of the molecule is CN1CCN(C(=O)CCN2CCN(c3ncccn3)CC2)CC1. The van der Waals surface area contributed by atoms with Crippen LogP contribution in [-0.4, -0.2) is 96.5 Å². The van der Waals surface area contributed by atoms with E-state index in [1.54, 1.807) is 12.4 Å². The maximum absolute atomic E-state index is 12.3. The van der Waals surface area contributed by atoms with Crippen molar-refractivity contribution in [3.05, 3.63) is 18.5 Å². The molecule has 2 aliphatic rings. The molecule has 0 radical (unpaired) electrons. The number of carbonyl (C=O) groups excluding carboxylic acids is 1. The van der Waals surface area contributed by atoms with Gasteiger partial charge in [0.05, 0.1) is 0 Å². The third-order valence-electron chi connectivity index (χ3n) is 4.71. The molecule has 1 aromatic heterocycles. The molecule has 23 heavy (non-hydrogen) atoms. The normalized spacial score (nSPS) is 20.7. The Kier molecular flexibility index (Phi) is 5.40. The van der Waals surface area contributed by atoms with Crippen molar-refractivity contribution in [1.29, 1.82) is 0 Å². The smallest absolute Gasteiger partial charge is 0.225 e. The van der Waals surface area contributed by atoms with Gasteiger partial charge in [0, 0.05) is 77.7 Å². The van der Waals surface area contributed by atoms with Crippen LogP contribution in [0, 0.1) is 0 Å². The van der Waals surface area contributed by atoms with E-state index in [-0.39, 0.29) is 0 Å². The summed E-state index contributed by atoms with van der Waals surface area (Å²) in [4.78, 5) is 29.7. The number of rotatable bonds is 4. The van der Waals surface area contributed by atoms with Gasteiger partial charge in [-0.05, 0) is 13.1 Å². The monoisotopic (exact) mass is 318 g/mol. The Balaban J connectivity index is 1.38. The number of hydrogen-bond acceptors (Lipinski definition) is 6. The summed E-state index contributed by atoms with van der Waals surface area (Å²) in [6, 6.07) is 1.84. The first-order valence-electron chi connectivity index (χ1n) is 8.43. The zero-order valence-corrected chi connectivity index (χ0v) is 13.9. The highest BCUT2D eigenvalue weighted by molar-refractivity contribution is 5.76. The average molecular weight is 318 g/mol. The molecule has 0 N–H and O–H groups in total. The lowest BCUT2D eigenvalue weighted by Gasteiger charge is -2.36. The average Bonchev–Trinajstić information content (AvgIpc) is 2.61. The summed E-state index contributed by atoms with van der Waals surface area (Å²) < 4.78 is 0. The van der Waals surface area contributed by atoms with E-state index < -0.39 is 0 Å². The predicted molar refractivity (Wildman–Crippen MR) is 89.4 cm³/mol. The van der Waals surface area contributed by atoms with E-state index in [1.165, 1.54) is 0 Å². The quantitative estimate of drug-likeness (QED) is 0.764. The molecule has 7 heteroatoms. The molecule has 126 valence electrons. The number of anilines is 1. The van der Waals surface area contributed by atoms with Crippen molar-refractivity contribution >= 4 is 11.9 Å². The lowest BCUT2D eigenvalue weighted by Crippen LogP contribution is -2.49. The fourth-order valence-electron chi connectivity index (χ4n) is 3.09. The van der Waals surface area contributed by atoms with Crippen LogP contribution in [0.1, 0.15) is 6.42 Å². The highest BCUT2D eigenvalue weighted by Gasteiger charge is 2.22. The van der Waals surface area contributed by atoms with Gasteiger partial charge in [-0.2, -0.15) is 0 Å². The molecule has 0 atom stereocenters. The summed E-state index contributed by atoms with van der Waals surface area (Å²) in [5.41, 5.74) is 0. The first-order valence-corrected chi connectivity index (χ1v) is 8.43. The Bertz CT molecular complexity index is 495. The van der Waals surface area contributed by atoms with Crippen molar-refractivity contribution in [1.82, 2.24) is 24.7 Å². The minimum absolute atomic E-state index is 0.298. The number of likely N-dealkylation sites (N-methyl/N-ethyl adjacent to an activating group) is 1. The van der Waals surface area contributed by atoms with Gasteiger partial charge in [0.2, 0.25) is 11.9 Å². The van der Waals surface area contributed by atoms with E-state index in [1.807, 2.05) is 11.0 Å². The van der Waals surface area contributed by atoms with Gasteiger partial charge in [-0.1, -0.05) is 0 Å². The van der Waals surface area contributed by atoms with E-state index in [2.05, 4.69) is 31.7 Å². The van der Waals surface area contributed by atoms with E-state index in [0.717, 1.165) is 64.9 Å². The van der Waals surface area contributed by atoms with Gasteiger partial charge < -0.3 is 14.7 Å². The Hall–Kier alpha value is -1.73. The number of piperazine rings is 2. The second-order valence-corrected chi connectivity index (χ2v) is 6.31. The minimum atomic E-state index is 0.298. The van der Waals surface area contributed by atoms with Crippen molar-refractivity contribution in [2.24, 2.45) is 0 Å². The highest BCUT2D eigenvalue weighted by Crippen LogP contribution is 2.10. The molecule has 2 saturated heterocycles. The van der Waals surface area contributed by atoms with Crippen LogP contribution in [0.5, 0.6) is 0 Å². The summed E-state index contributed by atoms with van der Waals surface area (Å²) in [6.45, 7) is 8.35. The van der Waals surface area contributed by atoms with Gasteiger partial charge in [-0.3, -0.25) is 9.69 Å². The molecule has 3 heterocycles. The zero-order chi connectivity index (χ0) is 16.1. The molecule has 2 aliphatic heterocycles. The number of amides is 1. The molecule has 1 amide bonds. The molecule has 0 aliphatic carbocycles. The fraction of sp³-hybridized carbons (Fsp3) is 0.688. The topological polar surface area (TPSA) is 55.8 Å². The third-order valence-corrected chi connectivity index (χ3v) is 4.71. The maximum Gasteiger partial charge on any atom is 0.225 e. The number of nitrogens with zero attached hydrogens (tertiary/aromatic N) is 6. The Morgan fingerprint density at radius 1 is 1.00 bits per heavy atom. The molecule has 0 bridgehead atoms. The first-order chi connectivity index (χ1) is 11.2. The summed E-state index contributed by atoms with van der Waals surface area (Å²) in [7, 11) is 2.11. The maximum atomic E-state index is 12.3. The van der Waals surface area contributed by atoms with Crippen LogP contribution in [0.4, 0.5) is 5.95 Å². The van der Waals surface area contributed by atoms with Crippen LogP contribution in [0.25, 0.3) is 0 Å². The van der Waals surface area contributed by atoms with Gasteiger partial charge in [0.15, 0.2) is 0 Å². The van der Waals surface area contributed by atoms with Crippen molar-refractivity contribution in [2.75, 3.05) is 70.9 Å². The van der Waals surface area contributed by atoms with Gasteiger partial charge in [-0.15, -0.1) is 0 Å². The lowest BCUT2D eigenvalue weighted by atomic mass is 10.2. The second kappa shape index (κ2) is 7.70. The molecular weight excluding hydrogens is 292 g/mol. The highest BCUT2D eigenvalue weighted by atomic mass is 16.2. The summed E-state index contributed by atoms with van der Waals surface area (Å²) in [5, 5.41) is 0. The van der Waals surface area contributed by atoms with E-state index in [9.17, 15) is 4.79 Å². The van der Waals surface area contributed by atoms with Crippen LogP contribution >= 0.6 is 0 Å². The molecule has 3 rings (SSSR count). The second-order valence-electron chi connectivity index (χ2n) is 6.31. The number of aromatic nitrogens is 2. The van der Waals surface area contributed by atoms with Gasteiger partial charge in [-0.25, -0.2) is 9.97 Å². The predicted octanol–water partition coefficient (Wildman–Crippen LogP) is -0.237. The van der Waals surface area contributed by atoms with Gasteiger partial charge in [0.1, 0.15) is 0 Å². The molecule has 0 unspecified atom stereocenters. The van der Waals surface area contributed by atoms with Crippen LogP contribution in [0.2, 0.25) is 0 Å². The Morgan fingerprint density at radius 3 is 2.30 bits per heavy atom. The fourth-order valence-corrected chi connectivity index (χ4v) is 3.09. The molecule has 0 aromatic carbocycles. The van der Waals surface area contributed by atoms with Gasteiger partial charge in [0.25, 0.3) is 0 Å². The summed E-state index contributed by atoms with van der Waals surface area (Å²) >= 11 is 0. The molecule has 0 spiro atoms. The lowest BCUT2D eigenvalue weighted by molar-refractivity contribution is -0.133. The largest absolute Gasteiger partial charge is 0.340 e. The zero-order valence-electron chi connectivity index (χ0n) is 13.9. The van der Waals surface area contributed by atoms with Crippen molar-refractivity contribution in [3.8, 4) is 0 Å². The van der Waals surface area contributed by atoms with E-state index in [4.69, 9.17) is 0 Å². The van der Waals surface area contributed by atoms with E-state index in [0.29, 0.717) is 12.3 Å². The van der Waals surface area contributed by atoms with Crippen molar-refractivity contribution in [2.45, 2.75) is 6.42 Å². The Labute approximate surface area is 137 Å². The number of hydrogen-bond donors (Lipinski definition) is 0. The first kappa shape index (κ1) is 16.1. The molecule has 1 aromatic rings. The molecule has 2 fully saturated rings. The molecule has 0 saturated carbocycles. The summed E-state index contributed by atoms with van der Waals surface area (Å²) in [6.07, 6.45) is 4.19. The number of carbonyl (C=O) groups is 1. The van der Waals surface area contributed by atoms with Crippen LogP contribution in [-0.2, 0) is 4.79 Å². The molecular formula is C16H26N6O.